The largest absolute Gasteiger partial charge is 0.456 e. The maximum absolute atomic E-state index is 14.2. The summed E-state index contributed by atoms with van der Waals surface area (Å²) >= 11 is 0. The number of anilines is 1. The molecule has 1 aliphatic carbocycles. The monoisotopic (exact) mass is 400 g/mol. The lowest BCUT2D eigenvalue weighted by Crippen LogP contribution is -2.41. The molecule has 6 heteroatoms. The Morgan fingerprint density at radius 1 is 1.13 bits per heavy atom. The maximum Gasteiger partial charge on any atom is 0.436 e. The molecule has 2 aromatic rings. The van der Waals surface area contributed by atoms with Crippen molar-refractivity contribution in [2.45, 2.75) is 32.2 Å². The van der Waals surface area contributed by atoms with Gasteiger partial charge in [0.2, 0.25) is 5.43 Å². The maximum atomic E-state index is 14.2. The summed E-state index contributed by atoms with van der Waals surface area (Å²) in [4.78, 5) is 13.8. The molecule has 0 saturated carbocycles. The summed E-state index contributed by atoms with van der Waals surface area (Å²) in [6.07, 6.45) is 0. The van der Waals surface area contributed by atoms with E-state index in [1.165, 1.54) is 12.1 Å². The van der Waals surface area contributed by atoms with Crippen molar-refractivity contribution in [2.75, 3.05) is 4.81 Å². The third kappa shape index (κ3) is 2.53. The molecule has 0 saturated heterocycles. The number of hydrogen-bond donors (Lipinski definition) is 1. The highest BCUT2D eigenvalue weighted by atomic mass is 19.1. The van der Waals surface area contributed by atoms with Crippen molar-refractivity contribution in [3.8, 4) is 22.5 Å². The molecule has 1 unspecified atom stereocenters. The lowest BCUT2D eigenvalue weighted by molar-refractivity contribution is 0.457. The Balaban J connectivity index is 1.95. The van der Waals surface area contributed by atoms with Crippen molar-refractivity contribution in [1.82, 2.24) is 0 Å². The number of benzene rings is 3. The predicted octanol–water partition coefficient (Wildman–Crippen LogP) is 4.72. The normalized spacial score (nSPS) is 17.5. The van der Waals surface area contributed by atoms with E-state index in [9.17, 15) is 14.2 Å². The molecule has 30 heavy (non-hydrogen) atoms. The van der Waals surface area contributed by atoms with Crippen LogP contribution in [0.1, 0.15) is 26.3 Å². The van der Waals surface area contributed by atoms with Gasteiger partial charge in [-0.2, -0.15) is 0 Å². The van der Waals surface area contributed by atoms with Crippen molar-refractivity contribution in [3.05, 3.63) is 76.2 Å². The minimum Gasteiger partial charge on any atom is -0.456 e. The lowest BCUT2D eigenvalue weighted by Gasteiger charge is -2.29. The molecule has 3 aliphatic rings. The fraction of sp³-hybridized carbons (Fsp3) is 0.208. The number of hydrogen-bond acceptors (Lipinski definition) is 4. The zero-order valence-electron chi connectivity index (χ0n) is 16.9. The van der Waals surface area contributed by atoms with E-state index in [4.69, 9.17) is 4.42 Å². The number of halogens is 1. The van der Waals surface area contributed by atoms with Crippen LogP contribution >= 0.6 is 0 Å². The van der Waals surface area contributed by atoms with Gasteiger partial charge < -0.3 is 14.3 Å². The molecule has 5 rings (SSSR count). The molecule has 2 aliphatic heterocycles. The lowest BCUT2D eigenvalue weighted by atomic mass is 9.80. The van der Waals surface area contributed by atoms with Gasteiger partial charge in [0, 0.05) is 45.8 Å². The summed E-state index contributed by atoms with van der Waals surface area (Å²) in [5, 5.41) is 10.7. The smallest absolute Gasteiger partial charge is 0.436 e. The molecule has 4 nitrogen and oxygen atoms in total. The van der Waals surface area contributed by atoms with E-state index in [1.807, 2.05) is 41.2 Å². The van der Waals surface area contributed by atoms with Crippen molar-refractivity contribution in [1.29, 1.82) is 0 Å². The van der Waals surface area contributed by atoms with Gasteiger partial charge in [-0.1, -0.05) is 44.2 Å². The highest BCUT2D eigenvalue weighted by molar-refractivity contribution is 6.33. The summed E-state index contributed by atoms with van der Waals surface area (Å²) in [7, 11) is 1.09. The first kappa shape index (κ1) is 18.9. The summed E-state index contributed by atoms with van der Waals surface area (Å²) in [5.41, 5.74) is 3.86. The molecule has 1 radical (unpaired) electrons. The highest BCUT2D eigenvalue weighted by Crippen LogP contribution is 2.49. The van der Waals surface area contributed by atoms with Crippen LogP contribution in [0.25, 0.3) is 33.4 Å². The first-order valence-corrected chi connectivity index (χ1v) is 9.89. The van der Waals surface area contributed by atoms with Gasteiger partial charge in [-0.05, 0) is 30.2 Å². The summed E-state index contributed by atoms with van der Waals surface area (Å²) < 4.78 is 20.3. The van der Waals surface area contributed by atoms with Gasteiger partial charge in [0.15, 0.2) is 5.82 Å². The van der Waals surface area contributed by atoms with Crippen LogP contribution in [0.2, 0.25) is 0 Å². The van der Waals surface area contributed by atoms with Crippen LogP contribution in [-0.4, -0.2) is 18.7 Å². The van der Waals surface area contributed by atoms with E-state index >= 15 is 0 Å². The van der Waals surface area contributed by atoms with Gasteiger partial charge in [-0.25, -0.2) is 4.39 Å². The average molecular weight is 400 g/mol. The van der Waals surface area contributed by atoms with E-state index in [0.717, 1.165) is 35.4 Å². The molecule has 0 amide bonds. The van der Waals surface area contributed by atoms with Gasteiger partial charge in [0.05, 0.1) is 0 Å². The Morgan fingerprint density at radius 2 is 1.87 bits per heavy atom. The number of rotatable bonds is 2. The van der Waals surface area contributed by atoms with Crippen LogP contribution in [0.4, 0.5) is 10.1 Å². The van der Waals surface area contributed by atoms with Crippen LogP contribution in [0.3, 0.4) is 0 Å². The molecule has 2 heterocycles. The van der Waals surface area contributed by atoms with E-state index in [1.54, 1.807) is 0 Å². The Kier molecular flexibility index (Phi) is 4.05. The van der Waals surface area contributed by atoms with Gasteiger partial charge >= 0.3 is 7.62 Å². The van der Waals surface area contributed by atoms with E-state index in [0.29, 0.717) is 16.9 Å². The van der Waals surface area contributed by atoms with Crippen LogP contribution in [0.15, 0.2) is 63.8 Å². The van der Waals surface area contributed by atoms with Gasteiger partial charge in [-0.3, -0.25) is 4.79 Å². The third-order valence-corrected chi connectivity index (χ3v) is 6.51. The molecular formula is C24H20BFNO3. The minimum absolute atomic E-state index is 0.0367. The quantitative estimate of drug-likeness (QED) is 0.391. The SMILES string of the molecule is CC1N([B]O)c2cc3oc4cc(=O)c(F)cc-4c(-c4ccccc4)c3cc2C1(C)C. The average Bonchev–Trinajstić information content (AvgIpc) is 2.91. The zero-order valence-corrected chi connectivity index (χ0v) is 16.9. The molecule has 2 aromatic carbocycles. The van der Waals surface area contributed by atoms with E-state index < -0.39 is 11.2 Å². The summed E-state index contributed by atoms with van der Waals surface area (Å²) in [6.45, 7) is 6.33. The minimum atomic E-state index is -0.801. The fourth-order valence-electron chi connectivity index (χ4n) is 4.52. The standard InChI is InChI=1S/C24H20BFNO3/c1-13-24(2,3)17-9-15-21(11-19(17)27(13)25-29)30-22-12-20(28)18(26)10-16(22)23(15)14-7-5-4-6-8-14/h4-13,29H,1-3H3. The van der Waals surface area contributed by atoms with Crippen LogP contribution in [0.5, 0.6) is 0 Å². The number of nitrogens with zero attached hydrogens (tertiary/aromatic N) is 1. The number of fused-ring (bicyclic) bond motifs is 3. The molecule has 0 fully saturated rings. The molecule has 0 aromatic heterocycles. The van der Waals surface area contributed by atoms with Gasteiger partial charge in [-0.15, -0.1) is 0 Å². The van der Waals surface area contributed by atoms with Crippen molar-refractivity contribution >= 4 is 24.3 Å². The first-order chi connectivity index (χ1) is 14.3. The summed E-state index contributed by atoms with van der Waals surface area (Å²) in [6, 6.07) is 16.2. The summed E-state index contributed by atoms with van der Waals surface area (Å²) in [5.74, 6) is -0.470. The first-order valence-electron chi connectivity index (χ1n) is 9.89. The second kappa shape index (κ2) is 6.44. The topological polar surface area (TPSA) is 53.7 Å². The molecule has 0 bridgehead atoms. The van der Waals surface area contributed by atoms with E-state index in [2.05, 4.69) is 26.8 Å². The second-order valence-corrected chi connectivity index (χ2v) is 8.41. The van der Waals surface area contributed by atoms with Crippen LogP contribution < -0.4 is 10.2 Å². The van der Waals surface area contributed by atoms with Crippen LogP contribution in [-0.2, 0) is 5.41 Å². The van der Waals surface area contributed by atoms with Crippen molar-refractivity contribution in [3.63, 3.8) is 0 Å². The van der Waals surface area contributed by atoms with Crippen molar-refractivity contribution < 1.29 is 13.8 Å². The molecule has 1 atom stereocenters. The van der Waals surface area contributed by atoms with Gasteiger partial charge in [0.1, 0.15) is 11.3 Å². The molecule has 149 valence electrons. The zero-order chi connectivity index (χ0) is 21.2. The molecular weight excluding hydrogens is 380 g/mol. The van der Waals surface area contributed by atoms with Gasteiger partial charge in [0.25, 0.3) is 0 Å². The molecule has 1 N–H and O–H groups in total. The fourth-order valence-corrected chi connectivity index (χ4v) is 4.52. The molecule has 0 spiro atoms. The van der Waals surface area contributed by atoms with Crippen LogP contribution in [0, 0.1) is 5.82 Å². The Labute approximate surface area is 174 Å². The third-order valence-electron chi connectivity index (χ3n) is 6.51. The van der Waals surface area contributed by atoms with E-state index in [-0.39, 0.29) is 11.5 Å². The second-order valence-electron chi connectivity index (χ2n) is 8.41. The Hall–Kier alpha value is -3.12. The van der Waals surface area contributed by atoms with Crippen molar-refractivity contribution in [2.24, 2.45) is 0 Å². The Morgan fingerprint density at radius 3 is 2.57 bits per heavy atom. The highest BCUT2D eigenvalue weighted by Gasteiger charge is 2.42. The predicted molar refractivity (Wildman–Crippen MR) is 117 cm³/mol. The Bertz CT molecular complexity index is 1320.